The van der Waals surface area contributed by atoms with Crippen molar-refractivity contribution < 1.29 is 4.74 Å². The van der Waals surface area contributed by atoms with Crippen LogP contribution in [0.2, 0.25) is 0 Å². The minimum absolute atomic E-state index is 0.0453. The fraction of sp³-hybridized carbons (Fsp3) is 1.00. The van der Waals surface area contributed by atoms with Crippen LogP contribution in [-0.2, 0) is 4.74 Å². The number of nitrogens with two attached hydrogens (primary N) is 1. The number of rotatable bonds is 10. The second kappa shape index (κ2) is 8.90. The van der Waals surface area contributed by atoms with E-state index >= 15 is 0 Å². The van der Waals surface area contributed by atoms with Gasteiger partial charge in [0.2, 0.25) is 0 Å². The molecule has 0 aliphatic heterocycles. The summed E-state index contributed by atoms with van der Waals surface area (Å²) in [6.07, 6.45) is 4.44. The molecule has 3 heteroatoms. The predicted octanol–water partition coefficient (Wildman–Crippen LogP) is 2.64. The van der Waals surface area contributed by atoms with Gasteiger partial charge >= 0.3 is 0 Å². The van der Waals surface area contributed by atoms with Crippen LogP contribution in [0.4, 0.5) is 0 Å². The van der Waals surface area contributed by atoms with Gasteiger partial charge in [0, 0.05) is 31.8 Å². The van der Waals surface area contributed by atoms with Crippen molar-refractivity contribution in [1.29, 1.82) is 0 Å². The number of hydrogen-bond donors (Lipinski definition) is 1. The molecule has 0 aromatic heterocycles. The van der Waals surface area contributed by atoms with Crippen LogP contribution < -0.4 is 5.73 Å². The third-order valence-electron chi connectivity index (χ3n) is 3.97. The van der Waals surface area contributed by atoms with Gasteiger partial charge in [-0.15, -0.1) is 0 Å². The van der Waals surface area contributed by atoms with E-state index in [0.717, 1.165) is 32.5 Å². The predicted molar refractivity (Wildman–Crippen MR) is 75.3 cm³/mol. The van der Waals surface area contributed by atoms with Crippen molar-refractivity contribution in [3.05, 3.63) is 0 Å². The lowest BCUT2D eigenvalue weighted by molar-refractivity contribution is 0.0920. The fourth-order valence-corrected chi connectivity index (χ4v) is 2.28. The van der Waals surface area contributed by atoms with Crippen LogP contribution in [-0.4, -0.2) is 43.3 Å². The van der Waals surface area contributed by atoms with Gasteiger partial charge in [-0.25, -0.2) is 0 Å². The standard InChI is InChI=1S/C14H32N2O/c1-6-13(7-2)16(10-11-17-5)12-14(15,8-3)9-4/h13H,6-12,15H2,1-5H3. The molecule has 0 radical (unpaired) electrons. The summed E-state index contributed by atoms with van der Waals surface area (Å²) >= 11 is 0. The van der Waals surface area contributed by atoms with E-state index in [1.54, 1.807) is 7.11 Å². The Hall–Kier alpha value is -0.120. The molecule has 0 aliphatic carbocycles. The lowest BCUT2D eigenvalue weighted by atomic mass is 9.92. The highest BCUT2D eigenvalue weighted by Crippen LogP contribution is 2.17. The van der Waals surface area contributed by atoms with E-state index < -0.39 is 0 Å². The molecule has 0 rings (SSSR count). The number of nitrogens with zero attached hydrogens (tertiary/aromatic N) is 1. The lowest BCUT2D eigenvalue weighted by Gasteiger charge is -2.38. The van der Waals surface area contributed by atoms with Crippen LogP contribution >= 0.6 is 0 Å². The van der Waals surface area contributed by atoms with E-state index in [0.29, 0.717) is 6.04 Å². The van der Waals surface area contributed by atoms with E-state index in [9.17, 15) is 0 Å². The highest BCUT2D eigenvalue weighted by Gasteiger charge is 2.26. The van der Waals surface area contributed by atoms with Gasteiger partial charge in [0.1, 0.15) is 0 Å². The van der Waals surface area contributed by atoms with Crippen molar-refractivity contribution in [2.24, 2.45) is 5.73 Å². The highest BCUT2D eigenvalue weighted by molar-refractivity contribution is 4.87. The Balaban J connectivity index is 4.55. The number of ether oxygens (including phenoxy) is 1. The van der Waals surface area contributed by atoms with Crippen LogP contribution in [0, 0.1) is 0 Å². The van der Waals surface area contributed by atoms with Gasteiger partial charge in [0.05, 0.1) is 6.61 Å². The fourth-order valence-electron chi connectivity index (χ4n) is 2.28. The molecule has 3 nitrogen and oxygen atoms in total. The minimum atomic E-state index is -0.0453. The first-order chi connectivity index (χ1) is 8.06. The largest absolute Gasteiger partial charge is 0.383 e. The molecular formula is C14H32N2O. The van der Waals surface area contributed by atoms with Crippen molar-refractivity contribution in [1.82, 2.24) is 4.90 Å². The van der Waals surface area contributed by atoms with Crippen molar-refractivity contribution in [2.45, 2.75) is 65.0 Å². The maximum atomic E-state index is 6.43. The monoisotopic (exact) mass is 244 g/mol. The molecular weight excluding hydrogens is 212 g/mol. The van der Waals surface area contributed by atoms with E-state index in [4.69, 9.17) is 10.5 Å². The Bertz CT molecular complexity index is 177. The lowest BCUT2D eigenvalue weighted by Crippen LogP contribution is -2.52. The van der Waals surface area contributed by atoms with E-state index in [1.165, 1.54) is 12.8 Å². The van der Waals surface area contributed by atoms with Crippen molar-refractivity contribution >= 4 is 0 Å². The Morgan fingerprint density at radius 2 is 1.65 bits per heavy atom. The molecule has 17 heavy (non-hydrogen) atoms. The summed E-state index contributed by atoms with van der Waals surface area (Å²) in [4.78, 5) is 2.51. The maximum Gasteiger partial charge on any atom is 0.0589 e. The summed E-state index contributed by atoms with van der Waals surface area (Å²) in [5.74, 6) is 0. The quantitative estimate of drug-likeness (QED) is 0.642. The normalized spacial score (nSPS) is 12.7. The maximum absolute atomic E-state index is 6.43. The second-order valence-corrected chi connectivity index (χ2v) is 5.00. The summed E-state index contributed by atoms with van der Waals surface area (Å²) in [7, 11) is 1.76. The minimum Gasteiger partial charge on any atom is -0.383 e. The Morgan fingerprint density at radius 3 is 2.00 bits per heavy atom. The van der Waals surface area contributed by atoms with Gasteiger partial charge in [-0.1, -0.05) is 27.7 Å². The molecule has 0 unspecified atom stereocenters. The van der Waals surface area contributed by atoms with Gasteiger partial charge in [-0.05, 0) is 25.7 Å². The molecule has 0 fully saturated rings. The van der Waals surface area contributed by atoms with E-state index in [2.05, 4.69) is 32.6 Å². The van der Waals surface area contributed by atoms with Gasteiger partial charge in [0.25, 0.3) is 0 Å². The second-order valence-electron chi connectivity index (χ2n) is 5.00. The third kappa shape index (κ3) is 5.84. The van der Waals surface area contributed by atoms with Crippen LogP contribution in [0.15, 0.2) is 0 Å². The van der Waals surface area contributed by atoms with Gasteiger partial charge < -0.3 is 10.5 Å². The van der Waals surface area contributed by atoms with Gasteiger partial charge in [0.15, 0.2) is 0 Å². The number of methoxy groups -OCH3 is 1. The van der Waals surface area contributed by atoms with Crippen LogP contribution in [0.1, 0.15) is 53.4 Å². The van der Waals surface area contributed by atoms with Crippen LogP contribution in [0.25, 0.3) is 0 Å². The van der Waals surface area contributed by atoms with Crippen molar-refractivity contribution in [3.63, 3.8) is 0 Å². The van der Waals surface area contributed by atoms with E-state index in [-0.39, 0.29) is 5.54 Å². The first kappa shape index (κ1) is 16.9. The topological polar surface area (TPSA) is 38.5 Å². The highest BCUT2D eigenvalue weighted by atomic mass is 16.5. The molecule has 0 aliphatic rings. The zero-order valence-corrected chi connectivity index (χ0v) is 12.5. The SMILES string of the molecule is CCC(CC)N(CCOC)CC(N)(CC)CC. The smallest absolute Gasteiger partial charge is 0.0589 e. The number of hydrogen-bond acceptors (Lipinski definition) is 3. The average molecular weight is 244 g/mol. The summed E-state index contributed by atoms with van der Waals surface area (Å²) in [6.45, 7) is 11.6. The first-order valence-electron chi connectivity index (χ1n) is 7.08. The molecule has 0 spiro atoms. The summed E-state index contributed by atoms with van der Waals surface area (Å²) in [5.41, 5.74) is 6.39. The Morgan fingerprint density at radius 1 is 1.12 bits per heavy atom. The molecule has 104 valence electrons. The average Bonchev–Trinajstić information content (AvgIpc) is 2.36. The zero-order valence-electron chi connectivity index (χ0n) is 12.5. The van der Waals surface area contributed by atoms with Crippen LogP contribution in [0.3, 0.4) is 0 Å². The first-order valence-corrected chi connectivity index (χ1v) is 7.08. The molecule has 0 amide bonds. The van der Waals surface area contributed by atoms with Crippen LogP contribution in [0.5, 0.6) is 0 Å². The molecule has 0 atom stereocenters. The molecule has 2 N–H and O–H groups in total. The third-order valence-corrected chi connectivity index (χ3v) is 3.97. The Labute approximate surface area is 108 Å². The molecule has 0 saturated heterocycles. The summed E-state index contributed by atoms with van der Waals surface area (Å²) < 4.78 is 5.21. The summed E-state index contributed by atoms with van der Waals surface area (Å²) in [5, 5.41) is 0. The summed E-state index contributed by atoms with van der Waals surface area (Å²) in [6, 6.07) is 0.631. The molecule has 0 saturated carbocycles. The van der Waals surface area contributed by atoms with Gasteiger partial charge in [-0.2, -0.15) is 0 Å². The molecule has 0 aromatic carbocycles. The zero-order chi connectivity index (χ0) is 13.3. The molecule has 0 aromatic rings. The molecule has 0 heterocycles. The van der Waals surface area contributed by atoms with Crippen molar-refractivity contribution in [3.8, 4) is 0 Å². The van der Waals surface area contributed by atoms with E-state index in [1.807, 2.05) is 0 Å². The van der Waals surface area contributed by atoms with Gasteiger partial charge in [-0.3, -0.25) is 4.90 Å². The van der Waals surface area contributed by atoms with Crippen molar-refractivity contribution in [2.75, 3.05) is 26.8 Å². The molecule has 0 bridgehead atoms. The Kier molecular flexibility index (Phi) is 8.83.